The predicted molar refractivity (Wildman–Crippen MR) is 201 cm³/mol. The molecule has 2 aliphatic rings. The molecule has 6 rings (SSSR count). The number of hydrogen-bond donors (Lipinski definition) is 6. The van der Waals surface area contributed by atoms with E-state index in [0.717, 1.165) is 25.7 Å². The number of aliphatic hydroxyl groups excluding tert-OH is 4. The summed E-state index contributed by atoms with van der Waals surface area (Å²) < 4.78 is 25.7. The number of esters is 2. The van der Waals surface area contributed by atoms with Crippen molar-refractivity contribution >= 4 is 34.6 Å². The lowest BCUT2D eigenvalue weighted by molar-refractivity contribution is -0.154. The number of anilines is 2. The van der Waals surface area contributed by atoms with Gasteiger partial charge in [0.1, 0.15) is 78.9 Å². The molecule has 19 heteroatoms. The molecular formula is C38H51N9O10. The normalized spacial score (nSPS) is 27.6. The summed E-state index contributed by atoms with van der Waals surface area (Å²) in [6, 6.07) is 8.36. The number of carbonyl (C=O) groups excluding carboxylic acids is 2. The molecule has 0 aliphatic carbocycles. The van der Waals surface area contributed by atoms with E-state index < -0.39 is 65.2 Å². The van der Waals surface area contributed by atoms with Gasteiger partial charge in [0.05, 0.1) is 17.8 Å². The van der Waals surface area contributed by atoms with E-state index in [1.165, 1.54) is 21.4 Å². The summed E-state index contributed by atoms with van der Waals surface area (Å²) in [5.41, 5.74) is 9.23. The zero-order valence-electron chi connectivity index (χ0n) is 32.4. The highest BCUT2D eigenvalue weighted by Gasteiger charge is 2.58. The van der Waals surface area contributed by atoms with Gasteiger partial charge in [-0.25, -0.2) is 19.0 Å². The molecule has 0 amide bonds. The minimum absolute atomic E-state index is 0.0501. The van der Waals surface area contributed by atoms with Crippen LogP contribution in [-0.4, -0.2) is 111 Å². The Bertz CT molecular complexity index is 2130. The van der Waals surface area contributed by atoms with Crippen molar-refractivity contribution in [1.29, 1.82) is 5.26 Å². The average Bonchev–Trinajstić information content (AvgIpc) is 3.91. The van der Waals surface area contributed by atoms with E-state index in [1.807, 2.05) is 6.07 Å². The maximum absolute atomic E-state index is 13.2. The Kier molecular flexibility index (Phi) is 12.0. The van der Waals surface area contributed by atoms with E-state index >= 15 is 0 Å². The van der Waals surface area contributed by atoms with Crippen LogP contribution in [0.1, 0.15) is 89.9 Å². The molecule has 8 N–H and O–H groups in total. The number of nitrogen functional groups attached to an aromatic ring is 2. The third-order valence-corrected chi connectivity index (χ3v) is 10.8. The van der Waals surface area contributed by atoms with Gasteiger partial charge in [-0.05, 0) is 43.0 Å². The smallest absolute Gasteiger partial charge is 0.306 e. The molecule has 2 fully saturated rings. The van der Waals surface area contributed by atoms with Crippen molar-refractivity contribution < 1.29 is 49.0 Å². The zero-order valence-corrected chi connectivity index (χ0v) is 32.4. The minimum atomic E-state index is -2.10. The van der Waals surface area contributed by atoms with Gasteiger partial charge in [-0.2, -0.15) is 15.5 Å². The average molecular weight is 794 g/mol. The number of nitrogens with zero attached hydrogens (tertiary/aromatic N) is 7. The summed E-state index contributed by atoms with van der Waals surface area (Å²) in [4.78, 5) is 33.9. The van der Waals surface area contributed by atoms with Crippen molar-refractivity contribution in [2.75, 3.05) is 24.7 Å². The first-order chi connectivity index (χ1) is 27.0. The Morgan fingerprint density at radius 1 is 0.895 bits per heavy atom. The molecule has 0 unspecified atom stereocenters. The Hall–Kier alpha value is -4.97. The molecule has 4 aromatic rings. The van der Waals surface area contributed by atoms with Crippen LogP contribution in [0.3, 0.4) is 0 Å². The lowest BCUT2D eigenvalue weighted by Crippen LogP contribution is -2.41. The van der Waals surface area contributed by atoms with Gasteiger partial charge < -0.3 is 50.8 Å². The number of carbonyl (C=O) groups is 2. The minimum Gasteiger partial charge on any atom is -0.463 e. The Morgan fingerprint density at radius 3 is 2.23 bits per heavy atom. The quantitative estimate of drug-likeness (QED) is 0.0687. The fourth-order valence-electron chi connectivity index (χ4n) is 7.62. The highest BCUT2D eigenvalue weighted by atomic mass is 16.6. The van der Waals surface area contributed by atoms with Crippen LogP contribution in [0.5, 0.6) is 0 Å². The van der Waals surface area contributed by atoms with E-state index in [0.29, 0.717) is 23.1 Å². The zero-order chi connectivity index (χ0) is 41.3. The van der Waals surface area contributed by atoms with Crippen molar-refractivity contribution in [3.05, 3.63) is 47.8 Å². The summed E-state index contributed by atoms with van der Waals surface area (Å²) in [6.07, 6.45) is -2.14. The maximum Gasteiger partial charge on any atom is 0.306 e. The molecule has 4 aromatic heterocycles. The number of ether oxygens (including phenoxy) is 4. The van der Waals surface area contributed by atoms with E-state index in [1.54, 1.807) is 39.0 Å². The Labute approximate surface area is 328 Å². The first-order valence-corrected chi connectivity index (χ1v) is 19.1. The molecule has 0 spiro atoms. The third kappa shape index (κ3) is 8.10. The highest BCUT2D eigenvalue weighted by Crippen LogP contribution is 2.42. The lowest BCUT2D eigenvalue weighted by atomic mass is 9.85. The van der Waals surface area contributed by atoms with Gasteiger partial charge in [0.15, 0.2) is 17.5 Å². The van der Waals surface area contributed by atoms with E-state index in [2.05, 4.69) is 27.1 Å². The van der Waals surface area contributed by atoms with Crippen LogP contribution in [0.2, 0.25) is 0 Å². The molecule has 2 saturated heterocycles. The molecule has 57 heavy (non-hydrogen) atoms. The van der Waals surface area contributed by atoms with Crippen LogP contribution in [0.15, 0.2) is 30.6 Å². The molecule has 0 saturated carbocycles. The van der Waals surface area contributed by atoms with Gasteiger partial charge in [-0.1, -0.05) is 46.5 Å². The van der Waals surface area contributed by atoms with Gasteiger partial charge in [-0.15, -0.1) is 0 Å². The second kappa shape index (κ2) is 16.5. The number of nitriles is 1. The van der Waals surface area contributed by atoms with Crippen LogP contribution in [0.25, 0.3) is 11.0 Å². The summed E-state index contributed by atoms with van der Waals surface area (Å²) in [5, 5.41) is 63.2. The van der Waals surface area contributed by atoms with Gasteiger partial charge in [-0.3, -0.25) is 9.59 Å². The molecular weight excluding hydrogens is 742 g/mol. The van der Waals surface area contributed by atoms with Crippen molar-refractivity contribution in [3.8, 4) is 6.07 Å². The van der Waals surface area contributed by atoms with Gasteiger partial charge in [0.25, 0.3) is 0 Å². The van der Waals surface area contributed by atoms with E-state index in [4.69, 9.17) is 30.4 Å². The van der Waals surface area contributed by atoms with Crippen LogP contribution < -0.4 is 11.5 Å². The second-order valence-electron chi connectivity index (χ2n) is 15.8. The third-order valence-electron chi connectivity index (χ3n) is 10.8. The van der Waals surface area contributed by atoms with E-state index in [-0.39, 0.29) is 55.6 Å². The Morgan fingerprint density at radius 2 is 1.53 bits per heavy atom. The number of aliphatic hydroxyl groups is 4. The summed E-state index contributed by atoms with van der Waals surface area (Å²) in [6.45, 7) is 6.55. The van der Waals surface area contributed by atoms with Crippen molar-refractivity contribution in [1.82, 2.24) is 29.2 Å². The standard InChI is InChI=1S/C38H51N9O10/c1-5-6-7-8-9-10-28(48)54-18-24-31(51)33(53)38(19-39,57-24)26-14-12-22-35(41)44-27(45-47(22)26)15-36(2,3)16-29(49)55-17-23-30(50)32(52)37(4,56-23)25-13-11-21-34(40)42-20-43-46(21)25/h11-14,20,23-24,30-33,50-53H,5-10,15-18H2,1-4H3,(H2,40,42,43)(H2,41,44,45)/t23-,24-,30-,31-,32-,33-,37+,38+/m1/s1. The Balaban J connectivity index is 1.10. The van der Waals surface area contributed by atoms with Crippen LogP contribution in [0.4, 0.5) is 11.6 Å². The number of nitrogens with two attached hydrogens (primary N) is 2. The number of rotatable bonds is 16. The summed E-state index contributed by atoms with van der Waals surface area (Å²) in [5.74, 6) is -0.618. The summed E-state index contributed by atoms with van der Waals surface area (Å²) in [7, 11) is 0. The molecule has 0 aromatic carbocycles. The molecule has 0 bridgehead atoms. The fourth-order valence-corrected chi connectivity index (χ4v) is 7.62. The fraction of sp³-hybridized carbons (Fsp3) is 0.605. The largest absolute Gasteiger partial charge is 0.463 e. The van der Waals surface area contributed by atoms with Crippen LogP contribution in [0, 0.1) is 16.7 Å². The van der Waals surface area contributed by atoms with Crippen molar-refractivity contribution in [2.45, 2.75) is 127 Å². The first kappa shape index (κ1) is 41.7. The monoisotopic (exact) mass is 793 g/mol. The SMILES string of the molecule is CCCCCCCC(=O)OC[C@H]1O[C@@](C#N)(c2ccc3c(N)nc(CC(C)(C)CC(=O)OC[C@H]4O[C@@](C)(c5ccc6c(N)ncnn56)[C@H](O)[C@@H]4O)nn23)[C@H](O)[C@@H]1O. The van der Waals surface area contributed by atoms with Crippen molar-refractivity contribution in [2.24, 2.45) is 5.41 Å². The van der Waals surface area contributed by atoms with Gasteiger partial charge >= 0.3 is 11.9 Å². The van der Waals surface area contributed by atoms with Crippen LogP contribution >= 0.6 is 0 Å². The number of unbranched alkanes of at least 4 members (excludes halogenated alkanes) is 4. The molecule has 19 nitrogen and oxygen atoms in total. The molecule has 2 aliphatic heterocycles. The first-order valence-electron chi connectivity index (χ1n) is 19.1. The lowest BCUT2D eigenvalue weighted by Gasteiger charge is -2.27. The second-order valence-corrected chi connectivity index (χ2v) is 15.8. The van der Waals surface area contributed by atoms with E-state index in [9.17, 15) is 35.3 Å². The van der Waals surface area contributed by atoms with Crippen LogP contribution in [-0.2, 0) is 46.2 Å². The summed E-state index contributed by atoms with van der Waals surface area (Å²) >= 11 is 0. The maximum atomic E-state index is 13.2. The number of fused-ring (bicyclic) bond motifs is 2. The topological polar surface area (TPSA) is 288 Å². The number of hydrogen-bond acceptors (Lipinski definition) is 17. The van der Waals surface area contributed by atoms with Gasteiger partial charge in [0, 0.05) is 12.8 Å². The molecule has 308 valence electrons. The highest BCUT2D eigenvalue weighted by molar-refractivity contribution is 5.71. The molecule has 8 atom stereocenters. The van der Waals surface area contributed by atoms with Crippen molar-refractivity contribution in [3.63, 3.8) is 0 Å². The molecule has 0 radical (unpaired) electrons. The van der Waals surface area contributed by atoms with Gasteiger partial charge in [0.2, 0.25) is 5.60 Å². The molecule has 6 heterocycles. The number of aromatic nitrogens is 6. The predicted octanol–water partition coefficient (Wildman–Crippen LogP) is 1.22.